The average Bonchev–Trinajstić information content (AvgIpc) is 2.58. The smallest absolute Gasteiger partial charge is 0.137 e. The van der Waals surface area contributed by atoms with E-state index >= 15 is 0 Å². The van der Waals surface area contributed by atoms with Gasteiger partial charge in [-0.25, -0.2) is 0 Å². The Hall–Kier alpha value is -2.46. The van der Waals surface area contributed by atoms with E-state index in [0.717, 1.165) is 33.9 Å². The number of fused-ring (bicyclic) bond motifs is 5. The molecule has 2 aliphatic rings. The first kappa shape index (κ1) is 16.0. The van der Waals surface area contributed by atoms with Crippen molar-refractivity contribution in [1.29, 1.82) is 0 Å². The van der Waals surface area contributed by atoms with Gasteiger partial charge in [0.05, 0.1) is 18.2 Å². The van der Waals surface area contributed by atoms with Gasteiger partial charge in [0.1, 0.15) is 17.6 Å². The Balaban J connectivity index is 2.03. The Labute approximate surface area is 148 Å². The summed E-state index contributed by atoms with van der Waals surface area (Å²) in [6.45, 7) is 6.94. The summed E-state index contributed by atoms with van der Waals surface area (Å²) in [6, 6.07) is 10.2. The first-order valence-electron chi connectivity index (χ1n) is 8.64. The molecule has 0 spiro atoms. The molecule has 1 atom stereocenters. The average molecular weight is 336 g/mol. The van der Waals surface area contributed by atoms with Crippen molar-refractivity contribution in [3.8, 4) is 22.6 Å². The molecule has 2 aromatic carbocycles. The normalized spacial score (nSPS) is 19.6. The Morgan fingerprint density at radius 2 is 2.00 bits per heavy atom. The van der Waals surface area contributed by atoms with E-state index < -0.39 is 0 Å². The molecule has 0 saturated heterocycles. The summed E-state index contributed by atoms with van der Waals surface area (Å²) in [5.41, 5.74) is 12.9. The van der Waals surface area contributed by atoms with Gasteiger partial charge < -0.3 is 20.5 Å². The molecular weight excluding hydrogens is 312 g/mol. The number of allylic oxidation sites excluding steroid dienone is 1. The van der Waals surface area contributed by atoms with Crippen molar-refractivity contribution in [2.45, 2.75) is 32.4 Å². The zero-order valence-electron chi connectivity index (χ0n) is 15.1. The lowest BCUT2D eigenvalue weighted by molar-refractivity contribution is 0.209. The second-order valence-corrected chi connectivity index (χ2v) is 7.30. The number of hydrogen-bond donors (Lipinski definition) is 2. The van der Waals surface area contributed by atoms with Crippen molar-refractivity contribution >= 4 is 11.3 Å². The van der Waals surface area contributed by atoms with Crippen LogP contribution in [0.4, 0.5) is 5.69 Å². The van der Waals surface area contributed by atoms with Crippen LogP contribution in [-0.2, 0) is 0 Å². The van der Waals surface area contributed by atoms with Gasteiger partial charge in [0, 0.05) is 23.4 Å². The summed E-state index contributed by atoms with van der Waals surface area (Å²) in [5.74, 6) is 1.65. The number of ether oxygens (including phenoxy) is 2. The highest BCUT2D eigenvalue weighted by Gasteiger charge is 2.34. The van der Waals surface area contributed by atoms with Crippen LogP contribution in [0.25, 0.3) is 16.7 Å². The summed E-state index contributed by atoms with van der Waals surface area (Å²) in [5, 5.41) is 3.61. The Kier molecular flexibility index (Phi) is 3.55. The first-order valence-corrected chi connectivity index (χ1v) is 8.64. The fourth-order valence-corrected chi connectivity index (χ4v) is 4.12. The maximum absolute atomic E-state index is 6.26. The predicted octanol–water partition coefficient (Wildman–Crippen LogP) is 4.36. The third-order valence-electron chi connectivity index (χ3n) is 4.96. The number of anilines is 1. The topological polar surface area (TPSA) is 56.5 Å². The van der Waals surface area contributed by atoms with Gasteiger partial charge >= 0.3 is 0 Å². The quantitative estimate of drug-likeness (QED) is 0.855. The molecule has 1 unspecified atom stereocenters. The maximum atomic E-state index is 6.26. The summed E-state index contributed by atoms with van der Waals surface area (Å²) in [4.78, 5) is 0. The zero-order chi connectivity index (χ0) is 17.8. The van der Waals surface area contributed by atoms with Crippen LogP contribution in [0.5, 0.6) is 11.5 Å². The molecule has 0 amide bonds. The molecule has 0 aliphatic carbocycles. The molecule has 0 saturated carbocycles. The Morgan fingerprint density at radius 3 is 2.72 bits per heavy atom. The van der Waals surface area contributed by atoms with Crippen LogP contribution >= 0.6 is 0 Å². The second-order valence-electron chi connectivity index (χ2n) is 7.30. The molecule has 4 heteroatoms. The number of nitrogens with one attached hydrogen (secondary N) is 1. The minimum Gasteiger partial charge on any atom is -0.496 e. The number of hydrogen-bond acceptors (Lipinski definition) is 4. The van der Waals surface area contributed by atoms with Gasteiger partial charge in [-0.05, 0) is 50.1 Å². The number of benzene rings is 2. The van der Waals surface area contributed by atoms with Crippen molar-refractivity contribution in [1.82, 2.24) is 0 Å². The van der Waals surface area contributed by atoms with Crippen molar-refractivity contribution in [2.75, 3.05) is 19.0 Å². The Bertz CT molecular complexity index is 884. The summed E-state index contributed by atoms with van der Waals surface area (Å²) in [6.07, 6.45) is 2.09. The fraction of sp³-hybridized carbons (Fsp3) is 0.333. The van der Waals surface area contributed by atoms with E-state index in [-0.39, 0.29) is 11.6 Å². The molecule has 2 aliphatic heterocycles. The summed E-state index contributed by atoms with van der Waals surface area (Å²) >= 11 is 0. The summed E-state index contributed by atoms with van der Waals surface area (Å²) in [7, 11) is 1.69. The molecule has 25 heavy (non-hydrogen) atoms. The van der Waals surface area contributed by atoms with E-state index in [1.165, 1.54) is 11.1 Å². The van der Waals surface area contributed by atoms with Gasteiger partial charge in [0.15, 0.2) is 0 Å². The molecule has 4 rings (SSSR count). The highest BCUT2D eigenvalue weighted by Crippen LogP contribution is 2.51. The van der Waals surface area contributed by atoms with Crippen LogP contribution in [0.1, 0.15) is 38.0 Å². The van der Waals surface area contributed by atoms with E-state index in [1.54, 1.807) is 7.11 Å². The molecular formula is C21H24N2O2. The van der Waals surface area contributed by atoms with Crippen molar-refractivity contribution in [3.05, 3.63) is 47.5 Å². The second kappa shape index (κ2) is 5.53. The molecule has 0 bridgehead atoms. The van der Waals surface area contributed by atoms with Gasteiger partial charge in [-0.1, -0.05) is 18.2 Å². The van der Waals surface area contributed by atoms with E-state index in [2.05, 4.69) is 44.3 Å². The minimum atomic E-state index is -0.170. The van der Waals surface area contributed by atoms with E-state index in [0.29, 0.717) is 6.54 Å². The number of rotatable bonds is 2. The third kappa shape index (κ3) is 2.40. The van der Waals surface area contributed by atoms with Crippen molar-refractivity contribution in [3.63, 3.8) is 0 Å². The van der Waals surface area contributed by atoms with E-state index in [1.807, 2.05) is 18.2 Å². The van der Waals surface area contributed by atoms with Crippen LogP contribution in [0.3, 0.4) is 0 Å². The monoisotopic (exact) mass is 336 g/mol. The lowest BCUT2D eigenvalue weighted by Gasteiger charge is -2.37. The van der Waals surface area contributed by atoms with Crippen molar-refractivity contribution in [2.24, 2.45) is 5.73 Å². The third-order valence-corrected chi connectivity index (χ3v) is 4.96. The molecule has 2 aromatic rings. The van der Waals surface area contributed by atoms with Gasteiger partial charge in [-0.2, -0.15) is 0 Å². The van der Waals surface area contributed by atoms with Crippen LogP contribution < -0.4 is 20.5 Å². The maximum Gasteiger partial charge on any atom is 0.137 e. The molecule has 4 nitrogen and oxygen atoms in total. The Morgan fingerprint density at radius 1 is 1.20 bits per heavy atom. The van der Waals surface area contributed by atoms with Gasteiger partial charge in [-0.15, -0.1) is 0 Å². The van der Waals surface area contributed by atoms with Crippen LogP contribution in [0, 0.1) is 0 Å². The highest BCUT2D eigenvalue weighted by atomic mass is 16.5. The molecule has 3 N–H and O–H groups in total. The molecule has 0 radical (unpaired) electrons. The zero-order valence-corrected chi connectivity index (χ0v) is 15.1. The lowest BCUT2D eigenvalue weighted by atomic mass is 9.82. The van der Waals surface area contributed by atoms with E-state index in [9.17, 15) is 0 Å². The summed E-state index contributed by atoms with van der Waals surface area (Å²) < 4.78 is 11.9. The highest BCUT2D eigenvalue weighted by molar-refractivity contribution is 5.91. The van der Waals surface area contributed by atoms with Gasteiger partial charge in [0.2, 0.25) is 0 Å². The first-order chi connectivity index (χ1) is 11.9. The van der Waals surface area contributed by atoms with Gasteiger partial charge in [0.25, 0.3) is 0 Å². The van der Waals surface area contributed by atoms with Crippen LogP contribution in [0.15, 0.2) is 36.4 Å². The van der Waals surface area contributed by atoms with Crippen molar-refractivity contribution < 1.29 is 9.47 Å². The number of methoxy groups -OCH3 is 1. The standard InChI is InChI=1S/C21H24N2O2/c1-12-10-21(2,3)23-14-9-8-13-19-15(24-4)6-5-7-16(19)25-17(11-22)20(13)18(12)14/h5-10,17,23H,11,22H2,1-4H3. The lowest BCUT2D eigenvalue weighted by Crippen LogP contribution is -2.33. The molecule has 130 valence electrons. The largest absolute Gasteiger partial charge is 0.496 e. The molecule has 0 aromatic heterocycles. The van der Waals surface area contributed by atoms with Crippen LogP contribution in [0.2, 0.25) is 0 Å². The molecule has 0 fully saturated rings. The fourth-order valence-electron chi connectivity index (χ4n) is 4.12. The predicted molar refractivity (Wildman–Crippen MR) is 102 cm³/mol. The van der Waals surface area contributed by atoms with E-state index in [4.69, 9.17) is 15.2 Å². The number of nitrogens with two attached hydrogens (primary N) is 1. The SMILES string of the molecule is COc1cccc2c1-c1ccc3c(c1C(CN)O2)C(C)=CC(C)(C)N3. The minimum absolute atomic E-state index is 0.0747. The molecule has 2 heterocycles. The van der Waals surface area contributed by atoms with Gasteiger partial charge in [-0.3, -0.25) is 0 Å². The van der Waals surface area contributed by atoms with Crippen LogP contribution in [-0.4, -0.2) is 19.2 Å².